The summed E-state index contributed by atoms with van der Waals surface area (Å²) in [5.41, 5.74) is 6.23. The van der Waals surface area contributed by atoms with Gasteiger partial charge in [-0.05, 0) is 25.8 Å². The van der Waals surface area contributed by atoms with Crippen molar-refractivity contribution in [2.45, 2.75) is 32.1 Å². The van der Waals surface area contributed by atoms with Gasteiger partial charge in [0.15, 0.2) is 10.5 Å². The second kappa shape index (κ2) is 5.86. The first-order valence-corrected chi connectivity index (χ1v) is 6.48. The molecule has 0 aromatic carbocycles. The summed E-state index contributed by atoms with van der Waals surface area (Å²) in [6.07, 6.45) is 9.19. The predicted octanol–water partition coefficient (Wildman–Crippen LogP) is 2.15. The third kappa shape index (κ3) is 2.96. The second-order valence-electron chi connectivity index (χ2n) is 3.75. The number of aromatic nitrogens is 3. The summed E-state index contributed by atoms with van der Waals surface area (Å²) >= 11 is 1.65. The molecule has 0 saturated carbocycles. The summed E-state index contributed by atoms with van der Waals surface area (Å²) in [4.78, 5) is 13.8. The Morgan fingerprint density at radius 2 is 1.88 bits per heavy atom. The smallest absolute Gasteiger partial charge is 0.189 e. The first-order chi connectivity index (χ1) is 7.90. The fourth-order valence-corrected chi connectivity index (χ4v) is 2.51. The number of rotatable bonds is 6. The third-order valence-electron chi connectivity index (χ3n) is 2.44. The number of thiazole rings is 1. The Bertz CT molecular complexity index is 407. The number of unbranched alkanes of at least 4 members (excludes halogenated alkanes) is 3. The van der Waals surface area contributed by atoms with Gasteiger partial charge in [-0.2, -0.15) is 0 Å². The van der Waals surface area contributed by atoms with Crippen LogP contribution in [-0.4, -0.2) is 21.5 Å². The molecule has 0 saturated heterocycles. The van der Waals surface area contributed by atoms with Crippen molar-refractivity contribution in [3.8, 4) is 0 Å². The second-order valence-corrected chi connectivity index (χ2v) is 4.81. The SMILES string of the molecule is NCCCCCCc1nc2nccnc2s1. The highest BCUT2D eigenvalue weighted by Crippen LogP contribution is 2.19. The molecule has 0 radical (unpaired) electrons. The van der Waals surface area contributed by atoms with E-state index >= 15 is 0 Å². The lowest BCUT2D eigenvalue weighted by Gasteiger charge is -1.96. The Labute approximate surface area is 98.9 Å². The zero-order valence-electron chi connectivity index (χ0n) is 9.22. The highest BCUT2D eigenvalue weighted by Gasteiger charge is 2.04. The minimum Gasteiger partial charge on any atom is -0.330 e. The summed E-state index contributed by atoms with van der Waals surface area (Å²) in [6, 6.07) is 0. The van der Waals surface area contributed by atoms with Crippen LogP contribution in [-0.2, 0) is 6.42 Å². The van der Waals surface area contributed by atoms with Gasteiger partial charge in [0.1, 0.15) is 0 Å². The van der Waals surface area contributed by atoms with Crippen LogP contribution in [0.4, 0.5) is 0 Å². The Morgan fingerprint density at radius 3 is 2.69 bits per heavy atom. The van der Waals surface area contributed by atoms with Crippen molar-refractivity contribution >= 4 is 21.8 Å². The van der Waals surface area contributed by atoms with E-state index in [1.54, 1.807) is 23.7 Å². The van der Waals surface area contributed by atoms with E-state index in [-0.39, 0.29) is 0 Å². The molecule has 4 nitrogen and oxygen atoms in total. The summed E-state index contributed by atoms with van der Waals surface area (Å²) in [5.74, 6) is 0. The number of nitrogens with zero attached hydrogens (tertiary/aromatic N) is 3. The molecule has 0 fully saturated rings. The van der Waals surface area contributed by atoms with E-state index in [0.717, 1.165) is 34.9 Å². The summed E-state index contributed by atoms with van der Waals surface area (Å²) in [5, 5.41) is 1.15. The van der Waals surface area contributed by atoms with Gasteiger partial charge >= 0.3 is 0 Å². The van der Waals surface area contributed by atoms with Crippen molar-refractivity contribution in [1.82, 2.24) is 15.0 Å². The van der Waals surface area contributed by atoms with E-state index in [4.69, 9.17) is 5.73 Å². The predicted molar refractivity (Wildman–Crippen MR) is 66.4 cm³/mol. The maximum atomic E-state index is 5.45. The van der Waals surface area contributed by atoms with Crippen LogP contribution in [0.2, 0.25) is 0 Å². The first kappa shape index (κ1) is 11.4. The maximum Gasteiger partial charge on any atom is 0.189 e. The highest BCUT2D eigenvalue weighted by atomic mass is 32.1. The van der Waals surface area contributed by atoms with Gasteiger partial charge in [0.2, 0.25) is 0 Å². The molecule has 0 aliphatic carbocycles. The van der Waals surface area contributed by atoms with E-state index < -0.39 is 0 Å². The standard InChI is InChI=1S/C11H16N4S/c12-6-4-2-1-3-5-9-15-10-11(16-9)14-8-7-13-10/h7-8H,1-6,12H2. The molecular formula is C11H16N4S. The van der Waals surface area contributed by atoms with Gasteiger partial charge in [0, 0.05) is 12.4 Å². The van der Waals surface area contributed by atoms with Gasteiger partial charge in [-0.25, -0.2) is 15.0 Å². The van der Waals surface area contributed by atoms with Gasteiger partial charge in [-0.1, -0.05) is 24.2 Å². The molecule has 5 heteroatoms. The van der Waals surface area contributed by atoms with Crippen molar-refractivity contribution < 1.29 is 0 Å². The molecule has 0 unspecified atom stereocenters. The van der Waals surface area contributed by atoms with Crippen molar-refractivity contribution in [3.63, 3.8) is 0 Å². The lowest BCUT2D eigenvalue weighted by molar-refractivity contribution is 0.646. The molecule has 0 aliphatic rings. The molecule has 0 spiro atoms. The third-order valence-corrected chi connectivity index (χ3v) is 3.45. The van der Waals surface area contributed by atoms with Crippen LogP contribution in [0.25, 0.3) is 10.5 Å². The van der Waals surface area contributed by atoms with Crippen molar-refractivity contribution in [2.24, 2.45) is 5.73 Å². The van der Waals surface area contributed by atoms with Crippen molar-refractivity contribution in [3.05, 3.63) is 17.4 Å². The summed E-state index contributed by atoms with van der Waals surface area (Å²) < 4.78 is 0. The Balaban J connectivity index is 1.85. The molecule has 0 aliphatic heterocycles. The Morgan fingerprint density at radius 1 is 1.06 bits per heavy atom. The van der Waals surface area contributed by atoms with Crippen molar-refractivity contribution in [2.75, 3.05) is 6.54 Å². The van der Waals surface area contributed by atoms with Gasteiger partial charge in [0.05, 0.1) is 5.01 Å². The number of hydrogen-bond donors (Lipinski definition) is 1. The zero-order valence-corrected chi connectivity index (χ0v) is 10.0. The lowest BCUT2D eigenvalue weighted by atomic mass is 10.1. The number of fused-ring (bicyclic) bond motifs is 1. The topological polar surface area (TPSA) is 64.7 Å². The number of nitrogens with two attached hydrogens (primary N) is 1. The summed E-state index contributed by atoms with van der Waals surface area (Å²) in [7, 11) is 0. The molecule has 2 aromatic heterocycles. The van der Waals surface area contributed by atoms with Crippen molar-refractivity contribution in [1.29, 1.82) is 0 Å². The highest BCUT2D eigenvalue weighted by molar-refractivity contribution is 7.18. The first-order valence-electron chi connectivity index (χ1n) is 5.66. The number of hydrogen-bond acceptors (Lipinski definition) is 5. The maximum absolute atomic E-state index is 5.45. The van der Waals surface area contributed by atoms with Crippen LogP contribution in [0.1, 0.15) is 30.7 Å². The molecule has 2 N–H and O–H groups in total. The van der Waals surface area contributed by atoms with Crippen LogP contribution in [0, 0.1) is 0 Å². The fourth-order valence-electron chi connectivity index (χ4n) is 1.60. The van der Waals surface area contributed by atoms with Gasteiger partial charge in [-0.3, -0.25) is 0 Å². The van der Waals surface area contributed by atoms with Crippen LogP contribution in [0.15, 0.2) is 12.4 Å². The molecule has 16 heavy (non-hydrogen) atoms. The van der Waals surface area contributed by atoms with Gasteiger partial charge in [-0.15, -0.1) is 0 Å². The molecule has 2 heterocycles. The minimum absolute atomic E-state index is 0.782. The quantitative estimate of drug-likeness (QED) is 0.780. The van der Waals surface area contributed by atoms with E-state index in [0.29, 0.717) is 0 Å². The van der Waals surface area contributed by atoms with E-state index in [9.17, 15) is 0 Å². The van der Waals surface area contributed by atoms with Crippen LogP contribution < -0.4 is 5.73 Å². The largest absolute Gasteiger partial charge is 0.330 e. The molecule has 0 bridgehead atoms. The van der Waals surface area contributed by atoms with E-state index in [2.05, 4.69) is 15.0 Å². The fraction of sp³-hybridized carbons (Fsp3) is 0.545. The normalized spacial score (nSPS) is 11.1. The average molecular weight is 236 g/mol. The molecule has 2 aromatic rings. The van der Waals surface area contributed by atoms with E-state index in [1.807, 2.05) is 0 Å². The summed E-state index contributed by atoms with van der Waals surface area (Å²) in [6.45, 7) is 0.801. The van der Waals surface area contributed by atoms with Crippen LogP contribution in [0.3, 0.4) is 0 Å². The monoisotopic (exact) mass is 236 g/mol. The van der Waals surface area contributed by atoms with Gasteiger partial charge < -0.3 is 5.73 Å². The lowest BCUT2D eigenvalue weighted by Crippen LogP contribution is -1.97. The average Bonchev–Trinajstić information content (AvgIpc) is 2.71. The molecular weight excluding hydrogens is 220 g/mol. The molecule has 0 atom stereocenters. The number of aryl methyl sites for hydroxylation is 1. The molecule has 0 amide bonds. The molecule has 86 valence electrons. The Hall–Kier alpha value is -1.07. The van der Waals surface area contributed by atoms with Crippen LogP contribution in [0.5, 0.6) is 0 Å². The zero-order chi connectivity index (χ0) is 11.2. The van der Waals surface area contributed by atoms with Crippen LogP contribution >= 0.6 is 11.3 Å². The minimum atomic E-state index is 0.782. The molecule has 2 rings (SSSR count). The Kier molecular flexibility index (Phi) is 4.18. The van der Waals surface area contributed by atoms with E-state index in [1.165, 1.54) is 19.3 Å². The van der Waals surface area contributed by atoms with Gasteiger partial charge in [0.25, 0.3) is 0 Å².